The minimum absolute atomic E-state index is 3.24. The van der Waals surface area contributed by atoms with Crippen molar-refractivity contribution in [1.82, 2.24) is 0 Å². The first-order chi connectivity index (χ1) is 3.00. The maximum absolute atomic E-state index is 8.89. The molecule has 0 saturated heterocycles. The average molecular weight is 146 g/mol. The van der Waals surface area contributed by atoms with E-state index in [9.17, 15) is 0 Å². The maximum atomic E-state index is 8.89. The van der Waals surface area contributed by atoms with Gasteiger partial charge in [0, 0.05) is 0 Å². The molecule has 0 rings (SSSR count). The van der Waals surface area contributed by atoms with Gasteiger partial charge in [0.25, 0.3) is 0 Å². The van der Waals surface area contributed by atoms with Crippen LogP contribution in [0.2, 0.25) is 0 Å². The van der Waals surface area contributed by atoms with Crippen LogP contribution in [0.3, 0.4) is 0 Å². The monoisotopic (exact) mass is 146 g/mol. The van der Waals surface area contributed by atoms with Gasteiger partial charge in [-0.15, -0.1) is 9.05 Å². The summed E-state index contributed by atoms with van der Waals surface area (Å²) in [5.74, 6) is 0. The summed E-state index contributed by atoms with van der Waals surface area (Å²) in [6, 6.07) is 0. The van der Waals surface area contributed by atoms with Crippen molar-refractivity contribution >= 4 is 20.2 Å². The Hall–Kier alpha value is 0.210. The lowest BCUT2D eigenvalue weighted by molar-refractivity contribution is -0.176. The largest absolute Gasteiger partial charge is 0.780 e. The topological polar surface area (TPSA) is 104 Å². The zero-order valence-electron chi connectivity index (χ0n) is 2.94. The molecule has 0 heterocycles. The van der Waals surface area contributed by atoms with Gasteiger partial charge in [-0.1, -0.05) is 0 Å². The molecule has 5 nitrogen and oxygen atoms in total. The van der Waals surface area contributed by atoms with Gasteiger partial charge in [0.2, 0.25) is 0 Å². The first-order valence-corrected chi connectivity index (χ1v) is 3.20. The van der Waals surface area contributed by atoms with Crippen molar-refractivity contribution in [2.75, 3.05) is 0 Å². The molecule has 7 heteroatoms. The van der Waals surface area contributed by atoms with Gasteiger partial charge in [-0.2, -0.15) is 0 Å². The highest BCUT2D eigenvalue weighted by molar-refractivity contribution is 8.26. The van der Waals surface area contributed by atoms with Crippen molar-refractivity contribution in [2.24, 2.45) is 0 Å². The van der Waals surface area contributed by atoms with Crippen LogP contribution < -0.4 is 0 Å². The fourth-order valence-corrected chi connectivity index (χ4v) is 0. The smallest absolute Gasteiger partial charge is 0.0484 e. The number of hydrogen-bond donors (Lipinski definition) is 2. The Morgan fingerprint density at radius 2 is 1.43 bits per heavy atom. The highest BCUT2D eigenvalue weighted by atomic mass is 32.9. The Bertz CT molecular complexity index is 89.2. The van der Waals surface area contributed by atoms with E-state index in [0.29, 0.717) is 0 Å². The Labute approximate surface area is 44.9 Å². The van der Waals surface area contributed by atoms with Gasteiger partial charge in [0.1, 0.15) is 0 Å². The molecule has 0 unspecified atom stereocenters. The molecule has 7 heavy (non-hydrogen) atoms. The lowest BCUT2D eigenvalue weighted by Gasteiger charge is -2.12. The van der Waals surface area contributed by atoms with E-state index < -0.39 is 9.05 Å². The molecule has 0 aromatic heterocycles. The minimum Gasteiger partial charge on any atom is -0.780 e. The van der Waals surface area contributed by atoms with Crippen molar-refractivity contribution in [2.45, 2.75) is 0 Å². The lowest BCUT2D eigenvalue weighted by Crippen LogP contribution is -1.88. The first kappa shape index (κ1) is 10.2. The molecule has 0 spiro atoms. The molecule has 0 aromatic rings. The Morgan fingerprint density at radius 1 is 1.43 bits per heavy atom. The standard InChI is InChI=1S/H2O3S2.H2O2/c1-5(2,3)4;1-2/h(H2,1,2,3,4);1-2H/p-2. The second-order valence-electron chi connectivity index (χ2n) is 0.408. The maximum Gasteiger partial charge on any atom is -0.0484 e. The molecular weight excluding hydrogens is 144 g/mol. The van der Waals surface area contributed by atoms with Crippen molar-refractivity contribution in [3.8, 4) is 0 Å². The molecule has 0 aliphatic heterocycles. The molecular formula is H2O5S2-2. The van der Waals surface area contributed by atoms with Gasteiger partial charge in [0.15, 0.2) is 0 Å². The summed E-state index contributed by atoms with van der Waals surface area (Å²) in [5, 5.41) is 12.0. The number of hydrogen-bond acceptors (Lipinski definition) is 6. The zero-order chi connectivity index (χ0) is 6.50. The second kappa shape index (κ2) is 4.37. The van der Waals surface area contributed by atoms with Gasteiger partial charge in [-0.3, -0.25) is 14.7 Å². The SMILES string of the molecule is O=S([O-])([O-])=S.OO. The van der Waals surface area contributed by atoms with Gasteiger partial charge >= 0.3 is 0 Å². The van der Waals surface area contributed by atoms with E-state index >= 15 is 0 Å². The lowest BCUT2D eigenvalue weighted by atomic mass is 15.0. The van der Waals surface area contributed by atoms with E-state index in [1.807, 2.05) is 0 Å². The fourth-order valence-electron chi connectivity index (χ4n) is 0. The zero-order valence-corrected chi connectivity index (χ0v) is 4.57. The summed E-state index contributed by atoms with van der Waals surface area (Å²) in [6.07, 6.45) is 0. The Balaban J connectivity index is 0. The third kappa shape index (κ3) is 2500. The summed E-state index contributed by atoms with van der Waals surface area (Å²) >= 11 is 3.24. The minimum atomic E-state index is -4.33. The van der Waals surface area contributed by atoms with Crippen molar-refractivity contribution in [3.63, 3.8) is 0 Å². The van der Waals surface area contributed by atoms with Crippen LogP contribution in [0.15, 0.2) is 0 Å². The van der Waals surface area contributed by atoms with E-state index in [2.05, 4.69) is 11.2 Å². The van der Waals surface area contributed by atoms with Gasteiger partial charge in [-0.25, -0.2) is 0 Å². The van der Waals surface area contributed by atoms with Gasteiger partial charge in [0.05, 0.1) is 0 Å². The highest BCUT2D eigenvalue weighted by Crippen LogP contribution is 1.60. The molecule has 0 bridgehead atoms. The predicted octanol–water partition coefficient (Wildman–Crippen LogP) is -0.989. The summed E-state index contributed by atoms with van der Waals surface area (Å²) < 4.78 is 26.7. The van der Waals surface area contributed by atoms with Crippen LogP contribution in [0.4, 0.5) is 0 Å². The van der Waals surface area contributed by atoms with Crippen LogP contribution in [0.1, 0.15) is 0 Å². The second-order valence-corrected chi connectivity index (χ2v) is 2.45. The van der Waals surface area contributed by atoms with Crippen LogP contribution in [-0.2, 0) is 20.2 Å². The third-order valence-corrected chi connectivity index (χ3v) is 0. The van der Waals surface area contributed by atoms with E-state index in [4.69, 9.17) is 23.8 Å². The van der Waals surface area contributed by atoms with Crippen LogP contribution in [-0.4, -0.2) is 23.8 Å². The van der Waals surface area contributed by atoms with Gasteiger partial charge < -0.3 is 9.11 Å². The highest BCUT2D eigenvalue weighted by Gasteiger charge is 1.43. The normalized spacial score (nSPS) is 9.14. The Kier molecular flexibility index (Phi) is 6.40. The molecule has 0 aromatic carbocycles. The summed E-state index contributed by atoms with van der Waals surface area (Å²) in [4.78, 5) is 0. The van der Waals surface area contributed by atoms with Crippen molar-refractivity contribution in [3.05, 3.63) is 0 Å². The van der Waals surface area contributed by atoms with Crippen molar-refractivity contribution in [1.29, 1.82) is 0 Å². The van der Waals surface area contributed by atoms with Crippen LogP contribution in [0.25, 0.3) is 0 Å². The molecule has 0 saturated carbocycles. The quantitative estimate of drug-likeness (QED) is 0.336. The molecule has 2 N–H and O–H groups in total. The Morgan fingerprint density at radius 3 is 1.43 bits per heavy atom. The summed E-state index contributed by atoms with van der Waals surface area (Å²) in [7, 11) is -4.33. The summed E-state index contributed by atoms with van der Waals surface area (Å²) in [6.45, 7) is 0. The molecule has 0 radical (unpaired) electrons. The molecule has 46 valence electrons. The van der Waals surface area contributed by atoms with Crippen molar-refractivity contribution < 1.29 is 23.8 Å². The van der Waals surface area contributed by atoms with Crippen LogP contribution in [0, 0.1) is 0 Å². The molecule has 0 amide bonds. The van der Waals surface area contributed by atoms with E-state index in [1.54, 1.807) is 0 Å². The summed E-state index contributed by atoms with van der Waals surface area (Å²) in [5.41, 5.74) is 0. The van der Waals surface area contributed by atoms with Crippen LogP contribution >= 0.6 is 0 Å². The molecule has 0 aliphatic carbocycles. The first-order valence-electron chi connectivity index (χ1n) is 0.867. The third-order valence-electron chi connectivity index (χ3n) is 0. The molecule has 0 aliphatic rings. The van der Waals surface area contributed by atoms with Crippen LogP contribution in [0.5, 0.6) is 0 Å². The van der Waals surface area contributed by atoms with E-state index in [1.165, 1.54) is 0 Å². The molecule has 0 fully saturated rings. The van der Waals surface area contributed by atoms with Gasteiger partial charge in [-0.05, 0) is 11.2 Å². The van der Waals surface area contributed by atoms with E-state index in [0.717, 1.165) is 0 Å². The predicted molar refractivity (Wildman–Crippen MR) is 22.3 cm³/mol. The van der Waals surface area contributed by atoms with E-state index in [-0.39, 0.29) is 0 Å². The molecule has 0 atom stereocenters. The number of rotatable bonds is 0. The fraction of sp³-hybridized carbons (Fsp3) is 0. The average Bonchev–Trinajstić information content (AvgIpc) is 1.36.